The highest BCUT2D eigenvalue weighted by atomic mass is 16.4. The number of nitrogens with zero attached hydrogens (tertiary/aromatic N) is 2. The van der Waals surface area contributed by atoms with Crippen molar-refractivity contribution in [3.63, 3.8) is 0 Å². The molecule has 122 valence electrons. The topological polar surface area (TPSA) is 72.9 Å². The van der Waals surface area contributed by atoms with Gasteiger partial charge >= 0.3 is 12.0 Å². The van der Waals surface area contributed by atoms with E-state index in [-0.39, 0.29) is 11.9 Å². The Morgan fingerprint density at radius 1 is 1.14 bits per heavy atom. The average Bonchev–Trinajstić information content (AvgIpc) is 2.43. The van der Waals surface area contributed by atoms with Crippen molar-refractivity contribution < 1.29 is 14.7 Å². The highest BCUT2D eigenvalue weighted by molar-refractivity contribution is 5.82. The van der Waals surface area contributed by atoms with Gasteiger partial charge in [0, 0.05) is 32.7 Å². The molecule has 0 aromatic heterocycles. The molecule has 2 N–H and O–H groups in total. The fourth-order valence-corrected chi connectivity index (χ4v) is 2.56. The summed E-state index contributed by atoms with van der Waals surface area (Å²) >= 11 is 0. The molecule has 6 heteroatoms. The third-order valence-corrected chi connectivity index (χ3v) is 4.04. The molecule has 0 saturated carbocycles. The average molecular weight is 299 g/mol. The minimum Gasteiger partial charge on any atom is -0.480 e. The largest absolute Gasteiger partial charge is 0.480 e. The van der Waals surface area contributed by atoms with E-state index in [0.29, 0.717) is 19.0 Å². The predicted octanol–water partition coefficient (Wildman–Crippen LogP) is 1.47. The Balaban J connectivity index is 2.48. The number of piperazine rings is 1. The Kier molecular flexibility index (Phi) is 6.95. The van der Waals surface area contributed by atoms with Gasteiger partial charge in [-0.05, 0) is 11.8 Å². The number of hydrogen-bond donors (Lipinski definition) is 2. The van der Waals surface area contributed by atoms with E-state index in [9.17, 15) is 14.7 Å². The van der Waals surface area contributed by atoms with Gasteiger partial charge in [0.2, 0.25) is 0 Å². The van der Waals surface area contributed by atoms with Crippen LogP contribution in [0.15, 0.2) is 0 Å². The van der Waals surface area contributed by atoms with Crippen molar-refractivity contribution in [2.75, 3.05) is 32.7 Å². The zero-order chi connectivity index (χ0) is 16.0. The predicted molar refractivity (Wildman–Crippen MR) is 82.3 cm³/mol. The second kappa shape index (κ2) is 8.22. The number of rotatable bonds is 6. The molecular weight excluding hydrogens is 270 g/mol. The standard InChI is InChI=1S/C15H29N3O3/c1-5-12(4)13(14(19)20)16-15(21)18-8-6-17(7-9-18)10-11(2)3/h11-13H,5-10H2,1-4H3,(H,16,21)(H,19,20). The summed E-state index contributed by atoms with van der Waals surface area (Å²) in [5.41, 5.74) is 0. The number of carbonyl (C=O) groups excluding carboxylic acids is 1. The van der Waals surface area contributed by atoms with Gasteiger partial charge in [-0.1, -0.05) is 34.1 Å². The van der Waals surface area contributed by atoms with Gasteiger partial charge in [-0.25, -0.2) is 9.59 Å². The number of carbonyl (C=O) groups is 2. The van der Waals surface area contributed by atoms with Crippen molar-refractivity contribution in [1.29, 1.82) is 0 Å². The first kappa shape index (κ1) is 17.8. The Morgan fingerprint density at radius 2 is 1.71 bits per heavy atom. The summed E-state index contributed by atoms with van der Waals surface area (Å²) < 4.78 is 0. The lowest BCUT2D eigenvalue weighted by molar-refractivity contribution is -0.140. The Morgan fingerprint density at radius 3 is 2.14 bits per heavy atom. The number of aliphatic carboxylic acids is 1. The van der Waals surface area contributed by atoms with Crippen LogP contribution < -0.4 is 5.32 Å². The number of nitrogens with one attached hydrogen (secondary N) is 1. The first-order valence-corrected chi connectivity index (χ1v) is 7.85. The quantitative estimate of drug-likeness (QED) is 0.779. The van der Waals surface area contributed by atoms with Crippen molar-refractivity contribution in [1.82, 2.24) is 15.1 Å². The molecule has 0 aliphatic carbocycles. The Bertz CT molecular complexity index is 352. The number of carboxylic acid groups (broad SMARTS) is 1. The number of urea groups is 1. The number of amides is 2. The van der Waals surface area contributed by atoms with E-state index in [0.717, 1.165) is 26.1 Å². The van der Waals surface area contributed by atoms with Crippen LogP contribution in [-0.2, 0) is 4.79 Å². The van der Waals surface area contributed by atoms with Gasteiger partial charge in [0.15, 0.2) is 0 Å². The zero-order valence-electron chi connectivity index (χ0n) is 13.6. The van der Waals surface area contributed by atoms with Gasteiger partial charge in [0.25, 0.3) is 0 Å². The molecule has 21 heavy (non-hydrogen) atoms. The summed E-state index contributed by atoms with van der Waals surface area (Å²) in [6.45, 7) is 12.2. The van der Waals surface area contributed by atoms with E-state index in [1.165, 1.54) is 0 Å². The maximum atomic E-state index is 12.2. The van der Waals surface area contributed by atoms with Crippen molar-refractivity contribution >= 4 is 12.0 Å². The van der Waals surface area contributed by atoms with Crippen LogP contribution in [0.5, 0.6) is 0 Å². The van der Waals surface area contributed by atoms with Crippen LogP contribution in [0.3, 0.4) is 0 Å². The molecule has 1 aliphatic heterocycles. The van der Waals surface area contributed by atoms with Crippen LogP contribution in [0.25, 0.3) is 0 Å². The third kappa shape index (κ3) is 5.53. The summed E-state index contributed by atoms with van der Waals surface area (Å²) in [7, 11) is 0. The molecule has 1 saturated heterocycles. The van der Waals surface area contributed by atoms with Crippen LogP contribution in [0.2, 0.25) is 0 Å². The fraction of sp³-hybridized carbons (Fsp3) is 0.867. The third-order valence-electron chi connectivity index (χ3n) is 4.04. The van der Waals surface area contributed by atoms with Gasteiger partial charge in [0.1, 0.15) is 6.04 Å². The van der Waals surface area contributed by atoms with Gasteiger partial charge in [-0.15, -0.1) is 0 Å². The van der Waals surface area contributed by atoms with Crippen LogP contribution in [-0.4, -0.2) is 65.7 Å². The van der Waals surface area contributed by atoms with E-state index in [1.807, 2.05) is 13.8 Å². The Hall–Kier alpha value is -1.30. The van der Waals surface area contributed by atoms with E-state index >= 15 is 0 Å². The molecule has 1 heterocycles. The number of carboxylic acids is 1. The van der Waals surface area contributed by atoms with Gasteiger partial charge in [-0.3, -0.25) is 4.90 Å². The molecule has 1 fully saturated rings. The fourth-order valence-electron chi connectivity index (χ4n) is 2.56. The van der Waals surface area contributed by atoms with E-state index in [4.69, 9.17) is 0 Å². The summed E-state index contributed by atoms with van der Waals surface area (Å²) in [4.78, 5) is 27.5. The molecule has 2 unspecified atom stereocenters. The minimum atomic E-state index is -0.962. The molecule has 0 aromatic carbocycles. The van der Waals surface area contributed by atoms with E-state index in [2.05, 4.69) is 24.1 Å². The summed E-state index contributed by atoms with van der Waals surface area (Å²) in [6, 6.07) is -1.07. The molecule has 0 spiro atoms. The van der Waals surface area contributed by atoms with E-state index < -0.39 is 12.0 Å². The first-order chi connectivity index (χ1) is 9.85. The number of hydrogen-bond acceptors (Lipinski definition) is 3. The minimum absolute atomic E-state index is 0.0753. The molecule has 0 bridgehead atoms. The lowest BCUT2D eigenvalue weighted by atomic mass is 9.99. The van der Waals surface area contributed by atoms with Crippen LogP contribution >= 0.6 is 0 Å². The highest BCUT2D eigenvalue weighted by Gasteiger charge is 2.28. The SMILES string of the molecule is CCC(C)C(NC(=O)N1CCN(CC(C)C)CC1)C(=O)O. The molecule has 2 atom stereocenters. The first-order valence-electron chi connectivity index (χ1n) is 7.85. The molecule has 6 nitrogen and oxygen atoms in total. The van der Waals surface area contributed by atoms with Crippen molar-refractivity contribution in [2.24, 2.45) is 11.8 Å². The maximum absolute atomic E-state index is 12.2. The molecule has 0 radical (unpaired) electrons. The van der Waals surface area contributed by atoms with Gasteiger partial charge in [0.05, 0.1) is 0 Å². The van der Waals surface area contributed by atoms with Gasteiger partial charge in [-0.2, -0.15) is 0 Å². The molecule has 2 amide bonds. The lowest BCUT2D eigenvalue weighted by Gasteiger charge is -2.36. The summed E-state index contributed by atoms with van der Waals surface area (Å²) in [6.07, 6.45) is 0.722. The zero-order valence-corrected chi connectivity index (χ0v) is 13.6. The van der Waals surface area contributed by atoms with E-state index in [1.54, 1.807) is 4.90 Å². The Labute approximate surface area is 127 Å². The molecule has 1 aliphatic rings. The highest BCUT2D eigenvalue weighted by Crippen LogP contribution is 2.10. The van der Waals surface area contributed by atoms with Gasteiger partial charge < -0.3 is 15.3 Å². The monoisotopic (exact) mass is 299 g/mol. The molecule has 0 aromatic rings. The lowest BCUT2D eigenvalue weighted by Crippen LogP contribution is -2.56. The normalized spacial score (nSPS) is 19.4. The van der Waals surface area contributed by atoms with Crippen molar-refractivity contribution in [2.45, 2.75) is 40.2 Å². The maximum Gasteiger partial charge on any atom is 0.326 e. The smallest absolute Gasteiger partial charge is 0.326 e. The second-order valence-corrected chi connectivity index (χ2v) is 6.33. The van der Waals surface area contributed by atoms with Crippen LogP contribution in [0.1, 0.15) is 34.1 Å². The molecular formula is C15H29N3O3. The summed E-state index contributed by atoms with van der Waals surface area (Å²) in [5, 5.41) is 11.9. The second-order valence-electron chi connectivity index (χ2n) is 6.33. The van der Waals surface area contributed by atoms with Crippen molar-refractivity contribution in [3.05, 3.63) is 0 Å². The van der Waals surface area contributed by atoms with Crippen LogP contribution in [0, 0.1) is 11.8 Å². The van der Waals surface area contributed by atoms with Crippen molar-refractivity contribution in [3.8, 4) is 0 Å². The summed E-state index contributed by atoms with van der Waals surface area (Å²) in [5.74, 6) is -0.419. The van der Waals surface area contributed by atoms with Crippen LogP contribution in [0.4, 0.5) is 4.79 Å². The molecule has 1 rings (SSSR count).